The third kappa shape index (κ3) is 2.36. The first-order chi connectivity index (χ1) is 8.22. The minimum Gasteiger partial charge on any atom is -0.389 e. The fraction of sp³-hybridized carbons (Fsp3) is 0.538. The lowest BCUT2D eigenvalue weighted by atomic mass is 10.1. The van der Waals surface area contributed by atoms with E-state index in [1.54, 1.807) is 0 Å². The van der Waals surface area contributed by atoms with E-state index in [4.69, 9.17) is 0 Å². The van der Waals surface area contributed by atoms with E-state index < -0.39 is 12.2 Å². The first-order valence-electron chi connectivity index (χ1n) is 6.05. The molecule has 92 valence electrons. The van der Waals surface area contributed by atoms with Crippen molar-refractivity contribution in [1.29, 1.82) is 0 Å². The van der Waals surface area contributed by atoms with Crippen molar-refractivity contribution in [3.63, 3.8) is 0 Å². The largest absolute Gasteiger partial charge is 0.389 e. The van der Waals surface area contributed by atoms with Crippen molar-refractivity contribution in [3.05, 3.63) is 29.8 Å². The van der Waals surface area contributed by atoms with Gasteiger partial charge >= 0.3 is 0 Å². The van der Waals surface area contributed by atoms with Crippen molar-refractivity contribution in [2.75, 3.05) is 19.6 Å². The summed E-state index contributed by atoms with van der Waals surface area (Å²) in [5.41, 5.74) is 1.43. The van der Waals surface area contributed by atoms with Crippen LogP contribution in [0.15, 0.2) is 29.2 Å². The maximum absolute atomic E-state index is 9.52. The SMILES string of the molecule is OC1CN(CC2Cc3ccccc3S2)CC1O. The molecule has 0 bridgehead atoms. The Kier molecular flexibility index (Phi) is 3.13. The summed E-state index contributed by atoms with van der Waals surface area (Å²) in [5.74, 6) is 0. The van der Waals surface area contributed by atoms with Crippen LogP contribution in [0.1, 0.15) is 5.56 Å². The van der Waals surface area contributed by atoms with Gasteiger partial charge in [-0.3, -0.25) is 4.90 Å². The highest BCUT2D eigenvalue weighted by molar-refractivity contribution is 8.00. The second-order valence-electron chi connectivity index (χ2n) is 4.90. The maximum atomic E-state index is 9.52. The highest BCUT2D eigenvalue weighted by Gasteiger charge is 2.32. The van der Waals surface area contributed by atoms with Crippen molar-refractivity contribution >= 4 is 11.8 Å². The number of rotatable bonds is 2. The molecule has 0 spiro atoms. The molecule has 2 N–H and O–H groups in total. The third-order valence-electron chi connectivity index (χ3n) is 3.51. The number of hydrogen-bond acceptors (Lipinski definition) is 4. The first-order valence-corrected chi connectivity index (χ1v) is 6.93. The van der Waals surface area contributed by atoms with Gasteiger partial charge in [0, 0.05) is 29.8 Å². The van der Waals surface area contributed by atoms with E-state index in [9.17, 15) is 10.2 Å². The summed E-state index contributed by atoms with van der Waals surface area (Å²) >= 11 is 1.92. The van der Waals surface area contributed by atoms with Crippen molar-refractivity contribution < 1.29 is 10.2 Å². The summed E-state index contributed by atoms with van der Waals surface area (Å²) in [6, 6.07) is 8.53. The van der Waals surface area contributed by atoms with Gasteiger partial charge in [-0.15, -0.1) is 11.8 Å². The molecule has 2 aliphatic heterocycles. The van der Waals surface area contributed by atoms with Crippen LogP contribution in [-0.2, 0) is 6.42 Å². The smallest absolute Gasteiger partial charge is 0.0938 e. The van der Waals surface area contributed by atoms with Crippen LogP contribution in [0, 0.1) is 0 Å². The Labute approximate surface area is 105 Å². The Hall–Kier alpha value is -0.550. The minimum absolute atomic E-state index is 0.560. The van der Waals surface area contributed by atoms with Crippen LogP contribution in [0.4, 0.5) is 0 Å². The standard InChI is InChI=1S/C13H17NO2S/c15-11-7-14(8-12(11)16)6-10-5-9-3-1-2-4-13(9)17-10/h1-4,10-12,15-16H,5-8H2. The van der Waals surface area contributed by atoms with E-state index in [-0.39, 0.29) is 0 Å². The van der Waals surface area contributed by atoms with Crippen LogP contribution in [0.2, 0.25) is 0 Å². The molecule has 17 heavy (non-hydrogen) atoms. The van der Waals surface area contributed by atoms with E-state index in [1.165, 1.54) is 10.5 Å². The lowest BCUT2D eigenvalue weighted by molar-refractivity contribution is 0.0572. The molecule has 3 rings (SSSR count). The Bertz CT molecular complexity index is 377. The van der Waals surface area contributed by atoms with Crippen LogP contribution in [0.3, 0.4) is 0 Å². The van der Waals surface area contributed by atoms with Crippen LogP contribution < -0.4 is 0 Å². The molecule has 0 saturated carbocycles. The molecule has 1 fully saturated rings. The van der Waals surface area contributed by atoms with Crippen molar-refractivity contribution in [2.24, 2.45) is 0 Å². The third-order valence-corrected chi connectivity index (χ3v) is 4.81. The number of aliphatic hydroxyl groups is 2. The van der Waals surface area contributed by atoms with Crippen molar-refractivity contribution in [3.8, 4) is 0 Å². The molecule has 1 saturated heterocycles. The Morgan fingerprint density at radius 2 is 1.88 bits per heavy atom. The van der Waals surface area contributed by atoms with Crippen molar-refractivity contribution in [2.45, 2.75) is 28.8 Å². The number of fused-ring (bicyclic) bond motifs is 1. The van der Waals surface area contributed by atoms with Gasteiger partial charge in [-0.25, -0.2) is 0 Å². The zero-order valence-electron chi connectivity index (χ0n) is 9.62. The number of aliphatic hydroxyl groups excluding tert-OH is 2. The molecular formula is C13H17NO2S. The molecule has 3 unspecified atom stereocenters. The van der Waals surface area contributed by atoms with Gasteiger partial charge in [0.2, 0.25) is 0 Å². The van der Waals surface area contributed by atoms with Gasteiger partial charge in [-0.05, 0) is 18.1 Å². The quantitative estimate of drug-likeness (QED) is 0.814. The minimum atomic E-state index is -0.566. The highest BCUT2D eigenvalue weighted by Crippen LogP contribution is 2.37. The lowest BCUT2D eigenvalue weighted by Gasteiger charge is -2.18. The monoisotopic (exact) mass is 251 g/mol. The molecular weight excluding hydrogens is 234 g/mol. The summed E-state index contributed by atoms with van der Waals surface area (Å²) in [6.07, 6.45) is -0.0312. The molecule has 0 amide bonds. The van der Waals surface area contributed by atoms with E-state index in [1.807, 2.05) is 11.8 Å². The molecule has 0 radical (unpaired) electrons. The van der Waals surface area contributed by atoms with Crippen LogP contribution >= 0.6 is 11.8 Å². The summed E-state index contributed by atoms with van der Waals surface area (Å²) in [5, 5.41) is 19.6. The highest BCUT2D eigenvalue weighted by atomic mass is 32.2. The summed E-state index contributed by atoms with van der Waals surface area (Å²) in [7, 11) is 0. The molecule has 2 heterocycles. The summed E-state index contributed by atoms with van der Waals surface area (Å²) < 4.78 is 0. The Morgan fingerprint density at radius 3 is 2.59 bits per heavy atom. The van der Waals surface area contributed by atoms with Gasteiger partial charge in [0.05, 0.1) is 12.2 Å². The average molecular weight is 251 g/mol. The van der Waals surface area contributed by atoms with Crippen LogP contribution in [0.5, 0.6) is 0 Å². The van der Waals surface area contributed by atoms with Gasteiger partial charge in [0.15, 0.2) is 0 Å². The fourth-order valence-electron chi connectivity index (χ4n) is 2.64. The molecule has 4 heteroatoms. The van der Waals surface area contributed by atoms with Gasteiger partial charge in [-0.1, -0.05) is 18.2 Å². The number of thioether (sulfide) groups is 1. The molecule has 3 atom stereocenters. The van der Waals surface area contributed by atoms with Gasteiger partial charge < -0.3 is 10.2 Å². The molecule has 2 aliphatic rings. The second-order valence-corrected chi connectivity index (χ2v) is 6.25. The molecule has 0 aromatic heterocycles. The van der Waals surface area contributed by atoms with Crippen LogP contribution in [-0.4, -0.2) is 52.2 Å². The fourth-order valence-corrected chi connectivity index (χ4v) is 4.01. The molecule has 0 aliphatic carbocycles. The number of hydrogen-bond donors (Lipinski definition) is 2. The molecule has 1 aromatic carbocycles. The Morgan fingerprint density at radius 1 is 1.18 bits per heavy atom. The number of nitrogens with zero attached hydrogens (tertiary/aromatic N) is 1. The van der Waals surface area contributed by atoms with E-state index >= 15 is 0 Å². The maximum Gasteiger partial charge on any atom is 0.0938 e. The van der Waals surface area contributed by atoms with E-state index in [0.717, 1.165) is 13.0 Å². The number of likely N-dealkylation sites (tertiary alicyclic amines) is 1. The molecule has 1 aromatic rings. The van der Waals surface area contributed by atoms with Crippen LogP contribution in [0.25, 0.3) is 0 Å². The average Bonchev–Trinajstić information content (AvgIpc) is 2.83. The molecule has 3 nitrogen and oxygen atoms in total. The van der Waals surface area contributed by atoms with Gasteiger partial charge in [0.1, 0.15) is 0 Å². The lowest BCUT2D eigenvalue weighted by Crippen LogP contribution is -2.29. The zero-order valence-corrected chi connectivity index (χ0v) is 10.4. The predicted molar refractivity (Wildman–Crippen MR) is 68.2 cm³/mol. The summed E-state index contributed by atoms with van der Waals surface area (Å²) in [4.78, 5) is 3.55. The zero-order chi connectivity index (χ0) is 11.8. The van der Waals surface area contributed by atoms with E-state index in [0.29, 0.717) is 18.3 Å². The van der Waals surface area contributed by atoms with Crippen molar-refractivity contribution in [1.82, 2.24) is 4.90 Å². The topological polar surface area (TPSA) is 43.7 Å². The summed E-state index contributed by atoms with van der Waals surface area (Å²) in [6.45, 7) is 2.16. The van der Waals surface area contributed by atoms with Gasteiger partial charge in [0.25, 0.3) is 0 Å². The van der Waals surface area contributed by atoms with E-state index in [2.05, 4.69) is 29.2 Å². The predicted octanol–water partition coefficient (Wildman–Crippen LogP) is 0.741. The second kappa shape index (κ2) is 4.61. The van der Waals surface area contributed by atoms with Gasteiger partial charge in [-0.2, -0.15) is 0 Å². The number of benzene rings is 1. The normalized spacial score (nSPS) is 32.9. The number of β-amino-alcohol motifs (C(OH)–C–C–N with tert-alkyl or cyclic N) is 2. The Balaban J connectivity index is 1.59. The first kappa shape index (κ1) is 11.5.